The summed E-state index contributed by atoms with van der Waals surface area (Å²) in [6.45, 7) is 3.43. The predicted molar refractivity (Wildman–Crippen MR) is 189 cm³/mol. The SMILES string of the molecule is COc1cccc(CN(C(=O)CN(c2ccc(C34CC5CC(CC(C5)C3)C4)cc2)S(C)(=O)=O)[C@H](Cc2ccccc2)C(=O)NC(C)C)c1. The zero-order valence-corrected chi connectivity index (χ0v) is 29.4. The van der Waals surface area contributed by atoms with Crippen molar-refractivity contribution in [2.45, 2.75) is 82.8 Å². The van der Waals surface area contributed by atoms with Crippen LogP contribution in [0.25, 0.3) is 0 Å². The molecular weight excluding hydrogens is 623 g/mol. The summed E-state index contributed by atoms with van der Waals surface area (Å²) in [6.07, 6.45) is 9.11. The van der Waals surface area contributed by atoms with Gasteiger partial charge in [-0.2, -0.15) is 0 Å². The quantitative estimate of drug-likeness (QED) is 0.237. The van der Waals surface area contributed by atoms with E-state index in [1.54, 1.807) is 7.11 Å². The molecular formula is C39H49N3O5S. The number of hydrogen-bond acceptors (Lipinski definition) is 5. The van der Waals surface area contributed by atoms with E-state index in [4.69, 9.17) is 4.74 Å². The Morgan fingerprint density at radius 2 is 1.48 bits per heavy atom. The molecule has 0 aliphatic heterocycles. The van der Waals surface area contributed by atoms with Crippen LogP contribution in [0.4, 0.5) is 5.69 Å². The van der Waals surface area contributed by atoms with Gasteiger partial charge in [-0.05, 0) is 116 Å². The molecule has 9 heteroatoms. The third-order valence-electron chi connectivity index (χ3n) is 10.7. The molecule has 0 heterocycles. The highest BCUT2D eigenvalue weighted by atomic mass is 32.2. The number of carbonyl (C=O) groups excluding carboxylic acids is 2. The van der Waals surface area contributed by atoms with Gasteiger partial charge >= 0.3 is 0 Å². The molecule has 0 radical (unpaired) electrons. The first-order chi connectivity index (χ1) is 22.9. The third-order valence-corrected chi connectivity index (χ3v) is 11.8. The maximum atomic E-state index is 14.5. The van der Waals surface area contributed by atoms with Crippen molar-refractivity contribution >= 4 is 27.5 Å². The highest BCUT2D eigenvalue weighted by Gasteiger charge is 2.51. The number of nitrogens with one attached hydrogen (secondary N) is 1. The van der Waals surface area contributed by atoms with Gasteiger partial charge in [-0.15, -0.1) is 0 Å². The van der Waals surface area contributed by atoms with Crippen LogP contribution in [0.5, 0.6) is 5.75 Å². The van der Waals surface area contributed by atoms with Crippen molar-refractivity contribution in [3.63, 3.8) is 0 Å². The zero-order valence-electron chi connectivity index (χ0n) is 28.6. The molecule has 4 bridgehead atoms. The molecule has 4 saturated carbocycles. The van der Waals surface area contributed by atoms with Crippen LogP contribution in [0.15, 0.2) is 78.9 Å². The lowest BCUT2D eigenvalue weighted by Crippen LogP contribution is -2.54. The summed E-state index contributed by atoms with van der Waals surface area (Å²) in [6, 6.07) is 23.8. The fourth-order valence-corrected chi connectivity index (χ4v) is 9.81. The van der Waals surface area contributed by atoms with E-state index >= 15 is 0 Å². The number of anilines is 1. The molecule has 7 rings (SSSR count). The van der Waals surface area contributed by atoms with Crippen molar-refractivity contribution in [2.24, 2.45) is 17.8 Å². The Morgan fingerprint density at radius 3 is 2.04 bits per heavy atom. The number of sulfonamides is 1. The second-order valence-electron chi connectivity index (χ2n) is 14.8. The Labute approximate surface area is 285 Å². The fourth-order valence-electron chi connectivity index (χ4n) is 8.96. The van der Waals surface area contributed by atoms with Crippen molar-refractivity contribution in [2.75, 3.05) is 24.2 Å². The van der Waals surface area contributed by atoms with Gasteiger partial charge in [0.15, 0.2) is 0 Å². The van der Waals surface area contributed by atoms with E-state index in [-0.39, 0.29) is 30.3 Å². The Kier molecular flexibility index (Phi) is 9.88. The monoisotopic (exact) mass is 671 g/mol. The molecule has 1 atom stereocenters. The molecule has 256 valence electrons. The molecule has 3 aromatic rings. The topological polar surface area (TPSA) is 96.0 Å². The first kappa shape index (κ1) is 34.0. The van der Waals surface area contributed by atoms with Gasteiger partial charge in [0.1, 0.15) is 18.3 Å². The van der Waals surface area contributed by atoms with Crippen molar-refractivity contribution < 1.29 is 22.7 Å². The molecule has 0 saturated heterocycles. The molecule has 1 N–H and O–H groups in total. The molecule has 4 fully saturated rings. The lowest BCUT2D eigenvalue weighted by atomic mass is 9.48. The van der Waals surface area contributed by atoms with Crippen molar-refractivity contribution in [1.29, 1.82) is 0 Å². The second kappa shape index (κ2) is 13.9. The van der Waals surface area contributed by atoms with Gasteiger partial charge in [-0.25, -0.2) is 8.42 Å². The summed E-state index contributed by atoms with van der Waals surface area (Å²) >= 11 is 0. The van der Waals surface area contributed by atoms with Gasteiger partial charge in [-0.1, -0.05) is 54.6 Å². The first-order valence-corrected chi connectivity index (χ1v) is 19.1. The number of rotatable bonds is 13. The van der Waals surface area contributed by atoms with Gasteiger partial charge in [-0.3, -0.25) is 13.9 Å². The van der Waals surface area contributed by atoms with Gasteiger partial charge in [0, 0.05) is 19.0 Å². The van der Waals surface area contributed by atoms with Crippen LogP contribution in [0, 0.1) is 17.8 Å². The number of carbonyl (C=O) groups is 2. The lowest BCUT2D eigenvalue weighted by Gasteiger charge is -2.57. The number of ether oxygens (including phenoxy) is 1. The molecule has 4 aliphatic rings. The third kappa shape index (κ3) is 7.56. The maximum Gasteiger partial charge on any atom is 0.244 e. The number of nitrogens with zero attached hydrogens (tertiary/aromatic N) is 2. The molecule has 2 amide bonds. The number of benzene rings is 3. The van der Waals surface area contributed by atoms with E-state index in [2.05, 4.69) is 17.4 Å². The van der Waals surface area contributed by atoms with E-state index in [9.17, 15) is 18.0 Å². The average molecular weight is 672 g/mol. The highest BCUT2D eigenvalue weighted by Crippen LogP contribution is 2.60. The van der Waals surface area contributed by atoms with E-state index in [1.807, 2.05) is 80.6 Å². The Morgan fingerprint density at radius 1 is 0.875 bits per heavy atom. The summed E-state index contributed by atoms with van der Waals surface area (Å²) in [4.78, 5) is 29.8. The van der Waals surface area contributed by atoms with E-state index in [0.29, 0.717) is 11.4 Å². The fraction of sp³-hybridized carbons (Fsp3) is 0.487. The smallest absolute Gasteiger partial charge is 0.244 e. The molecule has 48 heavy (non-hydrogen) atoms. The van der Waals surface area contributed by atoms with Gasteiger partial charge in [0.05, 0.1) is 19.1 Å². The number of hydrogen-bond donors (Lipinski definition) is 1. The van der Waals surface area contributed by atoms with Crippen LogP contribution in [-0.2, 0) is 38.0 Å². The molecule has 0 unspecified atom stereocenters. The van der Waals surface area contributed by atoms with Crippen LogP contribution in [-0.4, -0.2) is 57.1 Å². The summed E-state index contributed by atoms with van der Waals surface area (Å²) in [7, 11) is -2.27. The zero-order chi connectivity index (χ0) is 34.1. The molecule has 4 aliphatic carbocycles. The lowest BCUT2D eigenvalue weighted by molar-refractivity contribution is -0.140. The van der Waals surface area contributed by atoms with E-state index in [0.717, 1.165) is 35.1 Å². The number of amides is 2. The predicted octanol–water partition coefficient (Wildman–Crippen LogP) is 6.09. The van der Waals surface area contributed by atoms with Crippen LogP contribution >= 0.6 is 0 Å². The van der Waals surface area contributed by atoms with Crippen molar-refractivity contribution in [3.8, 4) is 5.75 Å². The average Bonchev–Trinajstić information content (AvgIpc) is 3.04. The van der Waals surface area contributed by atoms with Crippen molar-refractivity contribution in [3.05, 3.63) is 95.6 Å². The normalized spacial score (nSPS) is 23.5. The van der Waals surface area contributed by atoms with Crippen LogP contribution in [0.2, 0.25) is 0 Å². The molecule has 0 spiro atoms. The minimum atomic E-state index is -3.85. The molecule has 0 aromatic heterocycles. The van der Waals surface area contributed by atoms with E-state index in [1.165, 1.54) is 53.3 Å². The first-order valence-electron chi connectivity index (χ1n) is 17.3. The highest BCUT2D eigenvalue weighted by molar-refractivity contribution is 7.92. The largest absolute Gasteiger partial charge is 0.497 e. The minimum absolute atomic E-state index is 0.0988. The Hall–Kier alpha value is -3.85. The minimum Gasteiger partial charge on any atom is -0.497 e. The standard InChI is InChI=1S/C39H49N3O5S/c1-27(2)40-38(44)36(21-28-9-6-5-7-10-28)41(25-29-11-8-12-35(20-29)47-3)37(43)26-42(48(4,45)46)34-15-13-33(14-16-34)39-22-30-17-31(23-39)19-32(18-30)24-39/h5-16,20,27,30-32,36H,17-19,21-26H2,1-4H3,(H,40,44)/t30?,31?,32?,36-,39?/m1/s1. The van der Waals surface area contributed by atoms with Crippen LogP contribution < -0.4 is 14.4 Å². The summed E-state index contributed by atoms with van der Waals surface area (Å²) in [5.74, 6) is 2.27. The summed E-state index contributed by atoms with van der Waals surface area (Å²) < 4.78 is 33.3. The summed E-state index contributed by atoms with van der Waals surface area (Å²) in [5, 5.41) is 2.99. The molecule has 8 nitrogen and oxygen atoms in total. The maximum absolute atomic E-state index is 14.5. The Bertz CT molecular complexity index is 1670. The van der Waals surface area contributed by atoms with E-state index < -0.39 is 28.5 Å². The second-order valence-corrected chi connectivity index (χ2v) is 16.7. The number of methoxy groups -OCH3 is 1. The van der Waals surface area contributed by atoms with Crippen LogP contribution in [0.3, 0.4) is 0 Å². The molecule has 3 aromatic carbocycles. The van der Waals surface area contributed by atoms with Crippen molar-refractivity contribution in [1.82, 2.24) is 10.2 Å². The Balaban J connectivity index is 1.31. The van der Waals surface area contributed by atoms with Gasteiger partial charge in [0.2, 0.25) is 21.8 Å². The van der Waals surface area contributed by atoms with Crippen LogP contribution in [0.1, 0.15) is 69.1 Å². The van der Waals surface area contributed by atoms with Gasteiger partial charge in [0.25, 0.3) is 0 Å². The summed E-state index contributed by atoms with van der Waals surface area (Å²) in [5.41, 5.74) is 3.58. The van der Waals surface area contributed by atoms with Gasteiger partial charge < -0.3 is 15.0 Å².